The molecule has 2 rings (SSSR count). The molecule has 0 aliphatic heterocycles. The quantitative estimate of drug-likeness (QED) is 0.817. The molecule has 0 heterocycles. The van der Waals surface area contributed by atoms with Gasteiger partial charge < -0.3 is 5.32 Å². The Morgan fingerprint density at radius 2 is 1.71 bits per heavy atom. The molecule has 1 nitrogen and oxygen atoms in total. The maximum Gasteiger partial charge on any atom is 0.0208 e. The van der Waals surface area contributed by atoms with Crippen molar-refractivity contribution in [2.45, 2.75) is 64.5 Å². The molecule has 17 heavy (non-hydrogen) atoms. The molecular formula is C16H25N. The molecule has 0 unspecified atom stereocenters. The Bertz CT molecular complexity index is 320. The van der Waals surface area contributed by atoms with Gasteiger partial charge in [-0.05, 0) is 29.9 Å². The van der Waals surface area contributed by atoms with Crippen molar-refractivity contribution < 1.29 is 0 Å². The number of hydrogen-bond acceptors (Lipinski definition) is 1. The van der Waals surface area contributed by atoms with Crippen LogP contribution in [0.3, 0.4) is 0 Å². The van der Waals surface area contributed by atoms with Gasteiger partial charge in [-0.25, -0.2) is 0 Å². The van der Waals surface area contributed by atoms with Gasteiger partial charge in [0.1, 0.15) is 0 Å². The minimum atomic E-state index is 0.635. The summed E-state index contributed by atoms with van der Waals surface area (Å²) in [6.07, 6.45) is 6.98. The zero-order valence-corrected chi connectivity index (χ0v) is 11.2. The van der Waals surface area contributed by atoms with Crippen molar-refractivity contribution in [3.05, 3.63) is 35.4 Å². The maximum atomic E-state index is 3.69. The Kier molecular flexibility index (Phi) is 4.61. The van der Waals surface area contributed by atoms with Crippen molar-refractivity contribution in [3.63, 3.8) is 0 Å². The molecule has 1 saturated carbocycles. The highest BCUT2D eigenvalue weighted by molar-refractivity contribution is 5.24. The molecule has 1 aliphatic carbocycles. The van der Waals surface area contributed by atoms with Crippen molar-refractivity contribution in [2.24, 2.45) is 0 Å². The van der Waals surface area contributed by atoms with E-state index in [4.69, 9.17) is 0 Å². The Hall–Kier alpha value is -0.820. The normalized spacial score (nSPS) is 17.6. The third-order valence-corrected chi connectivity index (χ3v) is 3.85. The first-order chi connectivity index (χ1) is 8.25. The third kappa shape index (κ3) is 3.85. The highest BCUT2D eigenvalue weighted by atomic mass is 14.9. The van der Waals surface area contributed by atoms with Crippen molar-refractivity contribution in [2.75, 3.05) is 0 Å². The van der Waals surface area contributed by atoms with E-state index < -0.39 is 0 Å². The van der Waals surface area contributed by atoms with Gasteiger partial charge in [0, 0.05) is 12.6 Å². The number of nitrogens with one attached hydrogen (secondary N) is 1. The van der Waals surface area contributed by atoms with Crippen LogP contribution in [0.15, 0.2) is 24.3 Å². The predicted molar refractivity (Wildman–Crippen MR) is 74.2 cm³/mol. The van der Waals surface area contributed by atoms with Gasteiger partial charge in [-0.2, -0.15) is 0 Å². The van der Waals surface area contributed by atoms with Crippen LogP contribution in [0.2, 0.25) is 0 Å². The molecule has 1 fully saturated rings. The van der Waals surface area contributed by atoms with Crippen LogP contribution in [0.1, 0.15) is 63.0 Å². The molecule has 94 valence electrons. The number of rotatable bonds is 4. The molecule has 0 radical (unpaired) electrons. The molecule has 1 aromatic rings. The molecule has 1 aromatic carbocycles. The second-order valence-electron chi connectivity index (χ2n) is 5.61. The average Bonchev–Trinajstić information content (AvgIpc) is 2.38. The van der Waals surface area contributed by atoms with Gasteiger partial charge >= 0.3 is 0 Å². The van der Waals surface area contributed by atoms with Gasteiger partial charge in [0.05, 0.1) is 0 Å². The summed E-state index contributed by atoms with van der Waals surface area (Å²) in [5.74, 6) is 0.635. The van der Waals surface area contributed by atoms with Gasteiger partial charge in [0.2, 0.25) is 0 Å². The summed E-state index contributed by atoms with van der Waals surface area (Å²) < 4.78 is 0. The van der Waals surface area contributed by atoms with Crippen molar-refractivity contribution >= 4 is 0 Å². The second kappa shape index (κ2) is 6.20. The van der Waals surface area contributed by atoms with Crippen LogP contribution in [-0.4, -0.2) is 6.04 Å². The monoisotopic (exact) mass is 231 g/mol. The van der Waals surface area contributed by atoms with E-state index in [0.29, 0.717) is 5.92 Å². The summed E-state index contributed by atoms with van der Waals surface area (Å²) in [5.41, 5.74) is 2.85. The Morgan fingerprint density at radius 3 is 2.29 bits per heavy atom. The molecule has 1 aliphatic rings. The van der Waals surface area contributed by atoms with E-state index >= 15 is 0 Å². The average molecular weight is 231 g/mol. The third-order valence-electron chi connectivity index (χ3n) is 3.85. The summed E-state index contributed by atoms with van der Waals surface area (Å²) in [4.78, 5) is 0. The smallest absolute Gasteiger partial charge is 0.0208 e. The van der Waals surface area contributed by atoms with E-state index in [2.05, 4.69) is 43.4 Å². The van der Waals surface area contributed by atoms with Crippen molar-refractivity contribution in [3.8, 4) is 0 Å². The zero-order chi connectivity index (χ0) is 12.1. The van der Waals surface area contributed by atoms with Crippen LogP contribution in [0.25, 0.3) is 0 Å². The van der Waals surface area contributed by atoms with Gasteiger partial charge in [-0.3, -0.25) is 0 Å². The fourth-order valence-electron chi connectivity index (χ4n) is 2.59. The van der Waals surface area contributed by atoms with Crippen LogP contribution in [-0.2, 0) is 6.54 Å². The van der Waals surface area contributed by atoms with Crippen LogP contribution in [0.4, 0.5) is 0 Å². The molecule has 0 bridgehead atoms. The summed E-state index contributed by atoms with van der Waals surface area (Å²) in [5, 5.41) is 3.69. The number of hydrogen-bond donors (Lipinski definition) is 1. The van der Waals surface area contributed by atoms with E-state index in [-0.39, 0.29) is 0 Å². The molecule has 1 heteroatoms. The van der Waals surface area contributed by atoms with Crippen LogP contribution >= 0.6 is 0 Å². The lowest BCUT2D eigenvalue weighted by molar-refractivity contribution is 0.372. The first-order valence-electron chi connectivity index (χ1n) is 7.08. The van der Waals surface area contributed by atoms with E-state index in [1.54, 1.807) is 0 Å². The van der Waals surface area contributed by atoms with E-state index in [0.717, 1.165) is 12.6 Å². The summed E-state index contributed by atoms with van der Waals surface area (Å²) >= 11 is 0. The predicted octanol–water partition coefficient (Wildman–Crippen LogP) is 4.23. The lowest BCUT2D eigenvalue weighted by atomic mass is 9.95. The molecular weight excluding hydrogens is 206 g/mol. The first kappa shape index (κ1) is 12.6. The largest absolute Gasteiger partial charge is 0.310 e. The topological polar surface area (TPSA) is 12.0 Å². The molecule has 1 N–H and O–H groups in total. The second-order valence-corrected chi connectivity index (χ2v) is 5.61. The molecule has 0 spiro atoms. The first-order valence-corrected chi connectivity index (χ1v) is 7.08. The van der Waals surface area contributed by atoms with Crippen LogP contribution in [0.5, 0.6) is 0 Å². The highest BCUT2D eigenvalue weighted by Gasteiger charge is 2.12. The van der Waals surface area contributed by atoms with Gasteiger partial charge in [-0.15, -0.1) is 0 Å². The van der Waals surface area contributed by atoms with E-state index in [1.807, 2.05) is 0 Å². The van der Waals surface area contributed by atoms with Gasteiger partial charge in [-0.1, -0.05) is 57.4 Å². The van der Waals surface area contributed by atoms with Crippen molar-refractivity contribution in [1.29, 1.82) is 0 Å². The lowest BCUT2D eigenvalue weighted by Gasteiger charge is -2.23. The molecule has 0 amide bonds. The van der Waals surface area contributed by atoms with E-state index in [9.17, 15) is 0 Å². The lowest BCUT2D eigenvalue weighted by Crippen LogP contribution is -2.30. The number of benzene rings is 1. The molecule has 0 atom stereocenters. The Balaban J connectivity index is 1.82. The maximum absolute atomic E-state index is 3.69. The van der Waals surface area contributed by atoms with Crippen LogP contribution in [0, 0.1) is 0 Å². The molecule has 0 saturated heterocycles. The summed E-state index contributed by atoms with van der Waals surface area (Å²) in [6, 6.07) is 9.83. The van der Waals surface area contributed by atoms with Gasteiger partial charge in [0.25, 0.3) is 0 Å². The SMILES string of the molecule is CC(C)c1ccc(CNC2CCCCC2)cc1. The minimum Gasteiger partial charge on any atom is -0.310 e. The van der Waals surface area contributed by atoms with Crippen molar-refractivity contribution in [1.82, 2.24) is 5.32 Å². The molecule has 0 aromatic heterocycles. The summed E-state index contributed by atoms with van der Waals surface area (Å²) in [6.45, 7) is 5.52. The zero-order valence-electron chi connectivity index (χ0n) is 11.2. The van der Waals surface area contributed by atoms with Crippen LogP contribution < -0.4 is 5.32 Å². The fourth-order valence-corrected chi connectivity index (χ4v) is 2.59. The Morgan fingerprint density at radius 1 is 1.06 bits per heavy atom. The fraction of sp³-hybridized carbons (Fsp3) is 0.625. The highest BCUT2D eigenvalue weighted by Crippen LogP contribution is 2.18. The standard InChI is InChI=1S/C16H25N/c1-13(2)15-10-8-14(9-11-15)12-17-16-6-4-3-5-7-16/h8-11,13,16-17H,3-7,12H2,1-2H3. The minimum absolute atomic E-state index is 0.635. The van der Waals surface area contributed by atoms with Gasteiger partial charge in [0.15, 0.2) is 0 Å². The Labute approximate surface area is 106 Å². The van der Waals surface area contributed by atoms with E-state index in [1.165, 1.54) is 43.2 Å². The summed E-state index contributed by atoms with van der Waals surface area (Å²) in [7, 11) is 0.